The van der Waals surface area contributed by atoms with Crippen molar-refractivity contribution in [3.63, 3.8) is 0 Å². The number of piperidine rings is 1. The molecule has 4 atom stereocenters. The van der Waals surface area contributed by atoms with Crippen LogP contribution in [0.15, 0.2) is 0 Å². The normalized spacial score (nSPS) is 36.0. The van der Waals surface area contributed by atoms with Crippen LogP contribution in [-0.4, -0.2) is 34.5 Å². The van der Waals surface area contributed by atoms with Crippen LogP contribution >= 0.6 is 0 Å². The van der Waals surface area contributed by atoms with Gasteiger partial charge in [-0.15, -0.1) is 0 Å². The summed E-state index contributed by atoms with van der Waals surface area (Å²) in [6.45, 7) is 8.68. The number of hydrogen-bond acceptors (Lipinski definition) is 2. The fraction of sp³-hybridized carbons (Fsp3) is 0.867. The smallest absolute Gasteiger partial charge is 0.326 e. The van der Waals surface area contributed by atoms with Crippen LogP contribution in [0.25, 0.3) is 0 Å². The number of amides is 1. The van der Waals surface area contributed by atoms with E-state index in [2.05, 4.69) is 0 Å². The van der Waals surface area contributed by atoms with Gasteiger partial charge < -0.3 is 10.0 Å². The molecular formula is C15H23NO3. The highest BCUT2D eigenvalue weighted by atomic mass is 16.4. The first-order chi connectivity index (χ1) is 8.70. The lowest BCUT2D eigenvalue weighted by Crippen LogP contribution is -2.48. The SMILES string of the molecule is C[C@H](C(=O)N1C[C@H]2[C@@H]([C@H]1C(=O)O)C21CC1)C(C)(C)C. The van der Waals surface area contributed by atoms with Crippen molar-refractivity contribution < 1.29 is 14.7 Å². The van der Waals surface area contributed by atoms with Gasteiger partial charge in [0, 0.05) is 18.4 Å². The van der Waals surface area contributed by atoms with E-state index in [9.17, 15) is 14.7 Å². The minimum atomic E-state index is -0.814. The molecule has 3 rings (SSSR count). The average molecular weight is 265 g/mol. The molecule has 1 amide bonds. The van der Waals surface area contributed by atoms with Crippen LogP contribution in [0, 0.1) is 28.6 Å². The number of carboxylic acids is 1. The van der Waals surface area contributed by atoms with Gasteiger partial charge >= 0.3 is 5.97 Å². The van der Waals surface area contributed by atoms with Crippen molar-refractivity contribution in [3.05, 3.63) is 0 Å². The number of carbonyl (C=O) groups is 2. The molecule has 4 heteroatoms. The number of rotatable bonds is 2. The second-order valence-electron chi connectivity index (χ2n) is 7.73. The third-order valence-corrected chi connectivity index (χ3v) is 5.83. The van der Waals surface area contributed by atoms with Crippen LogP contribution in [0.4, 0.5) is 0 Å². The molecule has 0 radical (unpaired) electrons. The molecule has 2 saturated carbocycles. The van der Waals surface area contributed by atoms with Gasteiger partial charge in [-0.2, -0.15) is 0 Å². The van der Waals surface area contributed by atoms with Crippen LogP contribution in [0.5, 0.6) is 0 Å². The first-order valence-corrected chi connectivity index (χ1v) is 7.23. The van der Waals surface area contributed by atoms with Gasteiger partial charge in [0.2, 0.25) is 5.91 Å². The van der Waals surface area contributed by atoms with Crippen LogP contribution < -0.4 is 0 Å². The third-order valence-electron chi connectivity index (χ3n) is 5.83. The van der Waals surface area contributed by atoms with E-state index in [1.807, 2.05) is 27.7 Å². The molecule has 2 aliphatic carbocycles. The van der Waals surface area contributed by atoms with E-state index < -0.39 is 12.0 Å². The Labute approximate surface area is 114 Å². The molecule has 1 spiro atoms. The predicted octanol–water partition coefficient (Wildman–Crippen LogP) is 1.99. The molecule has 4 nitrogen and oxygen atoms in total. The molecule has 1 saturated heterocycles. The van der Waals surface area contributed by atoms with Crippen molar-refractivity contribution in [2.45, 2.75) is 46.6 Å². The number of carboxylic acid groups (broad SMARTS) is 1. The zero-order valence-electron chi connectivity index (χ0n) is 12.1. The maximum absolute atomic E-state index is 12.6. The van der Waals surface area contributed by atoms with Gasteiger partial charge in [-0.25, -0.2) is 4.79 Å². The van der Waals surface area contributed by atoms with Crippen molar-refractivity contribution in [2.24, 2.45) is 28.6 Å². The summed E-state index contributed by atoms with van der Waals surface area (Å²) in [5.41, 5.74) is 0.203. The van der Waals surface area contributed by atoms with E-state index in [4.69, 9.17) is 0 Å². The Hall–Kier alpha value is -1.06. The van der Waals surface area contributed by atoms with Gasteiger partial charge in [0.15, 0.2) is 0 Å². The summed E-state index contributed by atoms with van der Waals surface area (Å²) in [4.78, 5) is 25.8. The maximum Gasteiger partial charge on any atom is 0.326 e. The monoisotopic (exact) mass is 265 g/mol. The Morgan fingerprint density at radius 3 is 2.32 bits per heavy atom. The van der Waals surface area contributed by atoms with E-state index >= 15 is 0 Å². The molecule has 106 valence electrons. The van der Waals surface area contributed by atoms with Crippen LogP contribution in [0.1, 0.15) is 40.5 Å². The number of hydrogen-bond donors (Lipinski definition) is 1. The summed E-state index contributed by atoms with van der Waals surface area (Å²) in [5.74, 6) is -0.235. The summed E-state index contributed by atoms with van der Waals surface area (Å²) in [7, 11) is 0. The Balaban J connectivity index is 1.79. The van der Waals surface area contributed by atoms with Crippen molar-refractivity contribution in [2.75, 3.05) is 6.54 Å². The van der Waals surface area contributed by atoms with Crippen LogP contribution in [0.2, 0.25) is 0 Å². The Morgan fingerprint density at radius 1 is 1.32 bits per heavy atom. The fourth-order valence-corrected chi connectivity index (χ4v) is 3.94. The maximum atomic E-state index is 12.6. The first-order valence-electron chi connectivity index (χ1n) is 7.23. The number of fused-ring (bicyclic) bond motifs is 3. The molecule has 19 heavy (non-hydrogen) atoms. The minimum Gasteiger partial charge on any atom is -0.480 e. The highest BCUT2D eigenvalue weighted by Gasteiger charge is 2.79. The quantitative estimate of drug-likeness (QED) is 0.830. The number of nitrogens with zero attached hydrogens (tertiary/aromatic N) is 1. The van der Waals surface area contributed by atoms with Crippen molar-refractivity contribution in [1.29, 1.82) is 0 Å². The Kier molecular flexibility index (Phi) is 2.40. The minimum absolute atomic E-state index is 0.0166. The average Bonchev–Trinajstić information content (AvgIpc) is 3.15. The van der Waals surface area contributed by atoms with Gasteiger partial charge in [0.05, 0.1) is 0 Å². The molecule has 1 heterocycles. The highest BCUT2D eigenvalue weighted by Crippen LogP contribution is 2.78. The van der Waals surface area contributed by atoms with Crippen molar-refractivity contribution in [1.82, 2.24) is 4.90 Å². The van der Waals surface area contributed by atoms with Crippen LogP contribution in [0.3, 0.4) is 0 Å². The number of carbonyl (C=O) groups excluding carboxylic acids is 1. The van der Waals surface area contributed by atoms with Gasteiger partial charge in [0.25, 0.3) is 0 Å². The van der Waals surface area contributed by atoms with E-state index in [1.54, 1.807) is 4.90 Å². The molecular weight excluding hydrogens is 242 g/mol. The standard InChI is InChI=1S/C15H23NO3/c1-8(14(2,3)4)12(17)16-7-9-10(11(16)13(18)19)15(9)5-6-15/h8-11H,5-7H2,1-4H3,(H,18,19)/t8-,9+,10+,11+/m1/s1. The largest absolute Gasteiger partial charge is 0.480 e. The lowest BCUT2D eigenvalue weighted by Gasteiger charge is -2.34. The number of likely N-dealkylation sites (tertiary alicyclic amines) is 1. The summed E-state index contributed by atoms with van der Waals surface area (Å²) >= 11 is 0. The fourth-order valence-electron chi connectivity index (χ4n) is 3.94. The lowest BCUT2D eigenvalue weighted by molar-refractivity contribution is -0.153. The molecule has 1 N–H and O–H groups in total. The van der Waals surface area contributed by atoms with E-state index in [0.29, 0.717) is 17.9 Å². The van der Waals surface area contributed by atoms with E-state index in [0.717, 1.165) is 0 Å². The lowest BCUT2D eigenvalue weighted by atomic mass is 9.81. The van der Waals surface area contributed by atoms with Crippen molar-refractivity contribution >= 4 is 11.9 Å². The van der Waals surface area contributed by atoms with Crippen LogP contribution in [-0.2, 0) is 9.59 Å². The van der Waals surface area contributed by atoms with Gasteiger partial charge in [-0.3, -0.25) is 4.79 Å². The first kappa shape index (κ1) is 12.9. The molecule has 0 unspecified atom stereocenters. The highest BCUT2D eigenvalue weighted by molar-refractivity contribution is 5.87. The molecule has 0 aromatic heterocycles. The second kappa shape index (κ2) is 3.53. The third kappa shape index (κ3) is 1.65. The molecule has 3 aliphatic rings. The molecule has 0 aromatic carbocycles. The zero-order valence-corrected chi connectivity index (χ0v) is 12.1. The molecule has 0 bridgehead atoms. The molecule has 1 aliphatic heterocycles. The molecule has 3 fully saturated rings. The Morgan fingerprint density at radius 2 is 1.89 bits per heavy atom. The summed E-state index contributed by atoms with van der Waals surface area (Å²) in [6.07, 6.45) is 2.34. The van der Waals surface area contributed by atoms with Crippen molar-refractivity contribution in [3.8, 4) is 0 Å². The topological polar surface area (TPSA) is 57.6 Å². The van der Waals surface area contributed by atoms with E-state index in [-0.39, 0.29) is 23.2 Å². The second-order valence-corrected chi connectivity index (χ2v) is 7.73. The number of aliphatic carboxylic acids is 1. The van der Waals surface area contributed by atoms with Gasteiger partial charge in [-0.05, 0) is 29.6 Å². The zero-order chi connectivity index (χ0) is 14.2. The summed E-state index contributed by atoms with van der Waals surface area (Å²) in [5, 5.41) is 9.48. The molecule has 0 aromatic rings. The predicted molar refractivity (Wildman–Crippen MR) is 70.4 cm³/mol. The van der Waals surface area contributed by atoms with Gasteiger partial charge in [0.1, 0.15) is 6.04 Å². The van der Waals surface area contributed by atoms with E-state index in [1.165, 1.54) is 12.8 Å². The summed E-state index contributed by atoms with van der Waals surface area (Å²) in [6, 6.07) is -0.565. The summed E-state index contributed by atoms with van der Waals surface area (Å²) < 4.78 is 0. The van der Waals surface area contributed by atoms with Gasteiger partial charge in [-0.1, -0.05) is 27.7 Å². The Bertz CT molecular complexity index is 447.